The van der Waals surface area contributed by atoms with Gasteiger partial charge in [-0.05, 0) is 22.0 Å². The standard InChI is InChI=1S/C16H24/c1-7-13-9-11-14(12-10-13)16(5,6)15(3,4)8-2/h7,9-12H,1,8H2,2-6H3. The van der Waals surface area contributed by atoms with E-state index in [1.165, 1.54) is 17.5 Å². The number of rotatable bonds is 4. The number of hydrogen-bond donors (Lipinski definition) is 0. The van der Waals surface area contributed by atoms with Crippen molar-refractivity contribution in [3.05, 3.63) is 42.0 Å². The molecule has 0 saturated heterocycles. The molecule has 1 aromatic rings. The largest absolute Gasteiger partial charge is 0.0985 e. The van der Waals surface area contributed by atoms with Gasteiger partial charge in [0.2, 0.25) is 0 Å². The maximum Gasteiger partial charge on any atom is -0.00525 e. The average molecular weight is 216 g/mol. The molecule has 0 saturated carbocycles. The van der Waals surface area contributed by atoms with E-state index in [1.54, 1.807) is 0 Å². The Hall–Kier alpha value is -1.04. The van der Waals surface area contributed by atoms with E-state index < -0.39 is 0 Å². The topological polar surface area (TPSA) is 0 Å². The number of benzene rings is 1. The highest BCUT2D eigenvalue weighted by atomic mass is 14.4. The summed E-state index contributed by atoms with van der Waals surface area (Å²) in [6, 6.07) is 8.76. The van der Waals surface area contributed by atoms with Gasteiger partial charge >= 0.3 is 0 Å². The van der Waals surface area contributed by atoms with E-state index in [2.05, 4.69) is 65.5 Å². The van der Waals surface area contributed by atoms with Crippen molar-refractivity contribution >= 4 is 6.08 Å². The van der Waals surface area contributed by atoms with Gasteiger partial charge in [-0.25, -0.2) is 0 Å². The van der Waals surface area contributed by atoms with Crippen LogP contribution in [0.5, 0.6) is 0 Å². The molecule has 0 unspecified atom stereocenters. The van der Waals surface area contributed by atoms with Crippen LogP contribution in [-0.2, 0) is 5.41 Å². The molecule has 0 fully saturated rings. The van der Waals surface area contributed by atoms with Crippen molar-refractivity contribution in [3.8, 4) is 0 Å². The Morgan fingerprint density at radius 1 is 1.06 bits per heavy atom. The minimum Gasteiger partial charge on any atom is -0.0985 e. The smallest absolute Gasteiger partial charge is 0.00525 e. The Morgan fingerprint density at radius 3 is 1.94 bits per heavy atom. The van der Waals surface area contributed by atoms with Gasteiger partial charge in [0, 0.05) is 0 Å². The first kappa shape index (κ1) is 13.0. The molecule has 16 heavy (non-hydrogen) atoms. The number of hydrogen-bond acceptors (Lipinski definition) is 0. The van der Waals surface area contributed by atoms with Crippen molar-refractivity contribution in [2.45, 2.75) is 46.5 Å². The highest BCUT2D eigenvalue weighted by Crippen LogP contribution is 2.43. The zero-order valence-corrected chi connectivity index (χ0v) is 11.3. The molecule has 0 aliphatic heterocycles. The first-order valence-electron chi connectivity index (χ1n) is 6.08. The molecule has 0 heteroatoms. The maximum atomic E-state index is 3.79. The van der Waals surface area contributed by atoms with Gasteiger partial charge in [-0.1, -0.05) is 78.0 Å². The normalized spacial score (nSPS) is 12.6. The predicted octanol–water partition coefficient (Wildman–Crippen LogP) is 5.04. The molecule has 0 atom stereocenters. The molecule has 88 valence electrons. The van der Waals surface area contributed by atoms with Crippen LogP contribution in [0, 0.1) is 5.41 Å². The molecule has 0 radical (unpaired) electrons. The summed E-state index contributed by atoms with van der Waals surface area (Å²) >= 11 is 0. The highest BCUT2D eigenvalue weighted by Gasteiger charge is 2.36. The SMILES string of the molecule is C=Cc1ccc(C(C)(C)C(C)(C)CC)cc1. The third-order valence-corrected chi connectivity index (χ3v) is 4.44. The van der Waals surface area contributed by atoms with Crippen molar-refractivity contribution in [1.29, 1.82) is 0 Å². The lowest BCUT2D eigenvalue weighted by Crippen LogP contribution is -2.35. The third kappa shape index (κ3) is 2.21. The van der Waals surface area contributed by atoms with Crippen LogP contribution >= 0.6 is 0 Å². The van der Waals surface area contributed by atoms with E-state index in [9.17, 15) is 0 Å². The molecule has 0 heterocycles. The minimum atomic E-state index is 0.196. The first-order chi connectivity index (χ1) is 7.35. The Balaban J connectivity index is 3.11. The fourth-order valence-corrected chi connectivity index (χ4v) is 1.87. The quantitative estimate of drug-likeness (QED) is 0.661. The third-order valence-electron chi connectivity index (χ3n) is 4.44. The van der Waals surface area contributed by atoms with Crippen LogP contribution in [0.1, 0.15) is 52.2 Å². The lowest BCUT2D eigenvalue weighted by atomic mass is 9.63. The fraction of sp³-hybridized carbons (Fsp3) is 0.500. The van der Waals surface area contributed by atoms with Crippen molar-refractivity contribution in [2.75, 3.05) is 0 Å². The molecule has 0 aliphatic rings. The van der Waals surface area contributed by atoms with Crippen LogP contribution < -0.4 is 0 Å². The van der Waals surface area contributed by atoms with E-state index in [0.29, 0.717) is 5.41 Å². The van der Waals surface area contributed by atoms with E-state index in [1.807, 2.05) is 6.08 Å². The van der Waals surface area contributed by atoms with Crippen molar-refractivity contribution in [3.63, 3.8) is 0 Å². The first-order valence-corrected chi connectivity index (χ1v) is 6.08. The molecule has 1 rings (SSSR count). The van der Waals surface area contributed by atoms with Gasteiger partial charge in [0.1, 0.15) is 0 Å². The Kier molecular flexibility index (Phi) is 3.62. The van der Waals surface area contributed by atoms with Crippen LogP contribution in [0.15, 0.2) is 30.8 Å². The van der Waals surface area contributed by atoms with E-state index in [-0.39, 0.29) is 5.41 Å². The monoisotopic (exact) mass is 216 g/mol. The Labute approximate surface area is 100 Å². The lowest BCUT2D eigenvalue weighted by molar-refractivity contribution is 0.189. The predicted molar refractivity (Wildman–Crippen MR) is 73.6 cm³/mol. The Bertz CT molecular complexity index is 352. The van der Waals surface area contributed by atoms with Gasteiger partial charge in [-0.2, -0.15) is 0 Å². The second-order valence-corrected chi connectivity index (χ2v) is 5.69. The van der Waals surface area contributed by atoms with Gasteiger partial charge in [0.25, 0.3) is 0 Å². The van der Waals surface area contributed by atoms with Gasteiger partial charge in [-0.3, -0.25) is 0 Å². The average Bonchev–Trinajstić information content (AvgIpc) is 2.29. The molecule has 0 nitrogen and oxygen atoms in total. The van der Waals surface area contributed by atoms with Crippen LogP contribution in [0.3, 0.4) is 0 Å². The summed E-state index contributed by atoms with van der Waals surface area (Å²) in [5, 5.41) is 0. The van der Waals surface area contributed by atoms with Crippen LogP contribution in [-0.4, -0.2) is 0 Å². The van der Waals surface area contributed by atoms with Crippen molar-refractivity contribution in [1.82, 2.24) is 0 Å². The van der Waals surface area contributed by atoms with E-state index in [4.69, 9.17) is 0 Å². The molecule has 0 N–H and O–H groups in total. The van der Waals surface area contributed by atoms with E-state index in [0.717, 1.165) is 0 Å². The fourth-order valence-electron chi connectivity index (χ4n) is 1.87. The van der Waals surface area contributed by atoms with Gasteiger partial charge in [0.05, 0.1) is 0 Å². The Morgan fingerprint density at radius 2 is 1.56 bits per heavy atom. The van der Waals surface area contributed by atoms with Crippen molar-refractivity contribution in [2.24, 2.45) is 5.41 Å². The summed E-state index contributed by atoms with van der Waals surface area (Å²) < 4.78 is 0. The van der Waals surface area contributed by atoms with Crippen molar-refractivity contribution < 1.29 is 0 Å². The van der Waals surface area contributed by atoms with E-state index >= 15 is 0 Å². The van der Waals surface area contributed by atoms with Crippen LogP contribution in [0.2, 0.25) is 0 Å². The molecular formula is C16H24. The van der Waals surface area contributed by atoms with Crippen LogP contribution in [0.4, 0.5) is 0 Å². The zero-order valence-electron chi connectivity index (χ0n) is 11.3. The second-order valence-electron chi connectivity index (χ2n) is 5.69. The summed E-state index contributed by atoms with van der Waals surface area (Å²) in [4.78, 5) is 0. The second kappa shape index (κ2) is 4.45. The highest BCUT2D eigenvalue weighted by molar-refractivity contribution is 5.48. The van der Waals surface area contributed by atoms with Crippen LogP contribution in [0.25, 0.3) is 6.08 Å². The minimum absolute atomic E-state index is 0.196. The molecule has 0 aliphatic carbocycles. The summed E-state index contributed by atoms with van der Waals surface area (Å²) in [6.07, 6.45) is 3.07. The molecule has 0 aromatic heterocycles. The zero-order chi connectivity index (χ0) is 12.4. The summed E-state index contributed by atoms with van der Waals surface area (Å²) in [6.45, 7) is 15.4. The molecule has 0 bridgehead atoms. The lowest BCUT2D eigenvalue weighted by Gasteiger charge is -2.42. The van der Waals surface area contributed by atoms with Gasteiger partial charge in [-0.15, -0.1) is 0 Å². The molecule has 1 aromatic carbocycles. The summed E-state index contributed by atoms with van der Waals surface area (Å²) in [5.41, 5.74) is 3.10. The molecule has 0 amide bonds. The molecular weight excluding hydrogens is 192 g/mol. The van der Waals surface area contributed by atoms with Gasteiger partial charge in [0.15, 0.2) is 0 Å². The van der Waals surface area contributed by atoms with Gasteiger partial charge < -0.3 is 0 Å². The summed E-state index contributed by atoms with van der Waals surface area (Å²) in [7, 11) is 0. The maximum absolute atomic E-state index is 3.79. The summed E-state index contributed by atoms with van der Waals surface area (Å²) in [5.74, 6) is 0. The molecule has 0 spiro atoms.